The van der Waals surface area contributed by atoms with Gasteiger partial charge in [0.2, 0.25) is 0 Å². The van der Waals surface area contributed by atoms with E-state index in [9.17, 15) is 4.79 Å². The number of carbonyl (C=O) groups is 1. The van der Waals surface area contributed by atoms with Crippen LogP contribution < -0.4 is 10.2 Å². The van der Waals surface area contributed by atoms with E-state index in [1.807, 2.05) is 0 Å². The van der Waals surface area contributed by atoms with E-state index < -0.39 is 0 Å². The molecule has 78 valence electrons. The summed E-state index contributed by atoms with van der Waals surface area (Å²) in [5.74, 6) is 0.181. The molecule has 0 aliphatic heterocycles. The van der Waals surface area contributed by atoms with Gasteiger partial charge in [-0.25, -0.2) is 0 Å². The van der Waals surface area contributed by atoms with E-state index in [0.717, 1.165) is 25.9 Å². The van der Waals surface area contributed by atoms with Crippen molar-refractivity contribution in [1.82, 2.24) is 5.32 Å². The molecule has 0 aromatic heterocycles. The maximum absolute atomic E-state index is 11.5. The smallest absolute Gasteiger partial charge is 0.278 e. The van der Waals surface area contributed by atoms with Crippen LogP contribution >= 0.6 is 0 Å². The zero-order valence-electron chi connectivity index (χ0n) is 9.31. The molecule has 3 heteroatoms. The lowest BCUT2D eigenvalue weighted by Gasteiger charge is -2.24. The summed E-state index contributed by atoms with van der Waals surface area (Å²) in [7, 11) is 1.72. The molecule has 0 spiro atoms. The minimum absolute atomic E-state index is 0.144. The van der Waals surface area contributed by atoms with E-state index in [1.165, 1.54) is 4.90 Å². The van der Waals surface area contributed by atoms with Crippen molar-refractivity contribution in [3.8, 4) is 0 Å². The molecule has 0 heterocycles. The monoisotopic (exact) mass is 187 g/mol. The summed E-state index contributed by atoms with van der Waals surface area (Å²) in [5, 5.41) is 2.74. The zero-order valence-corrected chi connectivity index (χ0v) is 9.31. The van der Waals surface area contributed by atoms with Crippen LogP contribution in [0.4, 0.5) is 0 Å². The van der Waals surface area contributed by atoms with Gasteiger partial charge in [-0.05, 0) is 20.3 Å². The van der Waals surface area contributed by atoms with Crippen LogP contribution in [0.15, 0.2) is 0 Å². The van der Waals surface area contributed by atoms with Gasteiger partial charge in [0, 0.05) is 13.5 Å². The number of hydrogen-bond acceptors (Lipinski definition) is 1. The Labute approximate surface area is 81.5 Å². The second kappa shape index (κ2) is 6.89. The van der Waals surface area contributed by atoms with E-state index in [4.69, 9.17) is 0 Å². The van der Waals surface area contributed by atoms with Crippen molar-refractivity contribution < 1.29 is 9.69 Å². The van der Waals surface area contributed by atoms with Crippen molar-refractivity contribution >= 4 is 5.91 Å². The molecule has 1 atom stereocenters. The van der Waals surface area contributed by atoms with E-state index in [1.54, 1.807) is 7.05 Å². The molecule has 0 aromatic carbocycles. The number of rotatable bonds is 6. The Morgan fingerprint density at radius 3 is 2.15 bits per heavy atom. The average molecular weight is 187 g/mol. The molecular formula is C10H23N2O+. The van der Waals surface area contributed by atoms with Crippen molar-refractivity contribution in [2.75, 3.05) is 20.1 Å². The second-order valence-electron chi connectivity index (χ2n) is 3.32. The predicted octanol–water partition coefficient (Wildman–Crippen LogP) is -0.174. The first-order valence-corrected chi connectivity index (χ1v) is 5.27. The molecular weight excluding hydrogens is 164 g/mol. The van der Waals surface area contributed by atoms with E-state index in [-0.39, 0.29) is 11.9 Å². The molecule has 1 amide bonds. The van der Waals surface area contributed by atoms with Gasteiger partial charge < -0.3 is 10.2 Å². The third kappa shape index (κ3) is 3.77. The Bertz CT molecular complexity index is 144. The normalized spacial score (nSPS) is 13.0. The summed E-state index contributed by atoms with van der Waals surface area (Å²) in [6, 6.07) is 0.144. The van der Waals surface area contributed by atoms with E-state index in [2.05, 4.69) is 26.1 Å². The lowest BCUT2D eigenvalue weighted by Crippen LogP contribution is -3.16. The van der Waals surface area contributed by atoms with Gasteiger partial charge >= 0.3 is 0 Å². The fourth-order valence-corrected chi connectivity index (χ4v) is 1.73. The Morgan fingerprint density at radius 2 is 1.85 bits per heavy atom. The molecule has 0 fully saturated rings. The average Bonchev–Trinajstić information content (AvgIpc) is 2.17. The summed E-state index contributed by atoms with van der Waals surface area (Å²) in [5.41, 5.74) is 0. The molecule has 0 aliphatic rings. The number of amides is 1. The quantitative estimate of drug-likeness (QED) is 0.594. The Kier molecular flexibility index (Phi) is 6.59. The van der Waals surface area contributed by atoms with Gasteiger partial charge in [0.1, 0.15) is 0 Å². The van der Waals surface area contributed by atoms with Gasteiger partial charge in [-0.3, -0.25) is 4.79 Å². The number of carbonyl (C=O) groups excluding carboxylic acids is 1. The van der Waals surface area contributed by atoms with Crippen molar-refractivity contribution in [2.45, 2.75) is 39.7 Å². The van der Waals surface area contributed by atoms with Crippen LogP contribution in [0.2, 0.25) is 0 Å². The molecule has 0 bridgehead atoms. The highest BCUT2D eigenvalue weighted by Crippen LogP contribution is 1.92. The lowest BCUT2D eigenvalue weighted by atomic mass is 10.1. The van der Waals surface area contributed by atoms with Crippen LogP contribution in [0.5, 0.6) is 0 Å². The number of nitrogens with one attached hydrogen (secondary N) is 2. The highest BCUT2D eigenvalue weighted by atomic mass is 16.2. The van der Waals surface area contributed by atoms with Crippen molar-refractivity contribution in [3.05, 3.63) is 0 Å². The van der Waals surface area contributed by atoms with Gasteiger partial charge in [0.25, 0.3) is 5.91 Å². The van der Waals surface area contributed by atoms with Crippen LogP contribution in [0.25, 0.3) is 0 Å². The topological polar surface area (TPSA) is 33.5 Å². The van der Waals surface area contributed by atoms with Gasteiger partial charge in [-0.2, -0.15) is 0 Å². The minimum atomic E-state index is 0.144. The molecule has 0 aliphatic carbocycles. The summed E-state index contributed by atoms with van der Waals surface area (Å²) in [4.78, 5) is 12.9. The SMILES string of the molecule is CCC[C@H](C(=O)NC)[NH+](CC)CC. The number of hydrogen-bond donors (Lipinski definition) is 2. The first-order chi connectivity index (χ1) is 6.21. The van der Waals surface area contributed by atoms with Crippen LogP contribution in [0.3, 0.4) is 0 Å². The summed E-state index contributed by atoms with van der Waals surface area (Å²) >= 11 is 0. The predicted molar refractivity (Wildman–Crippen MR) is 54.8 cm³/mol. The summed E-state index contributed by atoms with van der Waals surface area (Å²) in [6.07, 6.45) is 2.05. The van der Waals surface area contributed by atoms with Crippen LogP contribution in [-0.2, 0) is 4.79 Å². The lowest BCUT2D eigenvalue weighted by molar-refractivity contribution is -0.913. The molecule has 0 aromatic rings. The highest BCUT2D eigenvalue weighted by molar-refractivity contribution is 5.79. The van der Waals surface area contributed by atoms with Crippen LogP contribution in [0.1, 0.15) is 33.6 Å². The third-order valence-corrected chi connectivity index (χ3v) is 2.54. The number of likely N-dealkylation sites (N-methyl/N-ethyl adjacent to an activating group) is 2. The van der Waals surface area contributed by atoms with Crippen molar-refractivity contribution in [1.29, 1.82) is 0 Å². The molecule has 0 radical (unpaired) electrons. The highest BCUT2D eigenvalue weighted by Gasteiger charge is 2.25. The maximum atomic E-state index is 11.5. The van der Waals surface area contributed by atoms with Crippen molar-refractivity contribution in [3.63, 3.8) is 0 Å². The molecule has 2 N–H and O–H groups in total. The summed E-state index contributed by atoms with van der Waals surface area (Å²) < 4.78 is 0. The largest absolute Gasteiger partial charge is 0.354 e. The van der Waals surface area contributed by atoms with Gasteiger partial charge in [0.15, 0.2) is 6.04 Å². The van der Waals surface area contributed by atoms with Crippen LogP contribution in [-0.4, -0.2) is 32.1 Å². The van der Waals surface area contributed by atoms with Gasteiger partial charge in [-0.15, -0.1) is 0 Å². The molecule has 3 nitrogen and oxygen atoms in total. The summed E-state index contributed by atoms with van der Waals surface area (Å²) in [6.45, 7) is 8.43. The maximum Gasteiger partial charge on any atom is 0.278 e. The van der Waals surface area contributed by atoms with Gasteiger partial charge in [-0.1, -0.05) is 6.92 Å². The molecule has 0 rings (SSSR count). The fourth-order valence-electron chi connectivity index (χ4n) is 1.73. The van der Waals surface area contributed by atoms with E-state index in [0.29, 0.717) is 0 Å². The number of quaternary nitrogens is 1. The minimum Gasteiger partial charge on any atom is -0.354 e. The second-order valence-corrected chi connectivity index (χ2v) is 3.32. The third-order valence-electron chi connectivity index (χ3n) is 2.54. The Morgan fingerprint density at radius 1 is 1.31 bits per heavy atom. The first kappa shape index (κ1) is 12.4. The van der Waals surface area contributed by atoms with E-state index >= 15 is 0 Å². The standard InChI is InChI=1S/C10H22N2O/c1-5-8-9(10(13)11-4)12(6-2)7-3/h9H,5-8H2,1-4H3,(H,11,13)/p+1/t9-/m1/s1. The Hall–Kier alpha value is -0.570. The first-order valence-electron chi connectivity index (χ1n) is 5.27. The van der Waals surface area contributed by atoms with Crippen molar-refractivity contribution in [2.24, 2.45) is 0 Å². The zero-order chi connectivity index (χ0) is 10.3. The molecule has 13 heavy (non-hydrogen) atoms. The molecule has 0 saturated heterocycles. The molecule has 0 unspecified atom stereocenters. The molecule has 0 saturated carbocycles. The van der Waals surface area contributed by atoms with Crippen LogP contribution in [0, 0.1) is 0 Å². The Balaban J connectivity index is 4.28. The van der Waals surface area contributed by atoms with Gasteiger partial charge in [0.05, 0.1) is 13.1 Å². The fraction of sp³-hybridized carbons (Fsp3) is 0.900.